The van der Waals surface area contributed by atoms with Gasteiger partial charge in [-0.3, -0.25) is 9.52 Å². The molecule has 4 rings (SSSR count). The van der Waals surface area contributed by atoms with Crippen molar-refractivity contribution >= 4 is 44.7 Å². The summed E-state index contributed by atoms with van der Waals surface area (Å²) in [4.78, 5) is 21.6. The summed E-state index contributed by atoms with van der Waals surface area (Å²) in [5, 5.41) is 0.597. The number of halogens is 2. The number of carbonyl (C=O) groups excluding carboxylic acids is 1. The Bertz CT molecular complexity index is 1420. The molecule has 0 aliphatic carbocycles. The highest BCUT2D eigenvalue weighted by atomic mass is 35.5. The van der Waals surface area contributed by atoms with Crippen molar-refractivity contribution in [2.75, 3.05) is 4.72 Å². The molecule has 0 saturated heterocycles. The number of nitrogens with zero attached hydrogens (tertiary/aromatic N) is 2. The molecule has 162 valence electrons. The first-order chi connectivity index (χ1) is 15.3. The van der Waals surface area contributed by atoms with Gasteiger partial charge in [-0.25, -0.2) is 18.4 Å². The smallest absolute Gasteiger partial charge is 0.261 e. The van der Waals surface area contributed by atoms with Crippen molar-refractivity contribution in [1.82, 2.24) is 9.97 Å². The topological polar surface area (TPSA) is 102 Å². The van der Waals surface area contributed by atoms with E-state index >= 15 is 0 Å². The zero-order valence-electron chi connectivity index (χ0n) is 16.5. The zero-order valence-corrected chi connectivity index (χ0v) is 18.9. The molecule has 0 bridgehead atoms. The lowest BCUT2D eigenvalue weighted by molar-refractivity contribution is 0.103. The molecule has 1 N–H and O–H groups in total. The molecule has 7 nitrogen and oxygen atoms in total. The Labute approximate surface area is 194 Å². The van der Waals surface area contributed by atoms with Gasteiger partial charge in [0.25, 0.3) is 10.0 Å². The van der Waals surface area contributed by atoms with Crippen molar-refractivity contribution in [3.8, 4) is 11.5 Å². The number of hydrogen-bond donors (Lipinski definition) is 1. The van der Waals surface area contributed by atoms with E-state index in [4.69, 9.17) is 27.6 Å². The van der Waals surface area contributed by atoms with E-state index < -0.39 is 15.8 Å². The SMILES string of the molecule is Cc1cc(S(=O)(=O)Nc2cc(Cl)cnc2C(=O)c2ccccc2-c2ncco2)ccc1Cl. The summed E-state index contributed by atoms with van der Waals surface area (Å²) >= 11 is 12.1. The van der Waals surface area contributed by atoms with Gasteiger partial charge in [0.15, 0.2) is 0 Å². The number of nitrogens with one attached hydrogen (secondary N) is 1. The van der Waals surface area contributed by atoms with E-state index in [0.29, 0.717) is 16.1 Å². The Morgan fingerprint density at radius 2 is 1.84 bits per heavy atom. The largest absolute Gasteiger partial charge is 0.445 e. The molecule has 0 fully saturated rings. The summed E-state index contributed by atoms with van der Waals surface area (Å²) in [6.45, 7) is 1.69. The molecule has 32 heavy (non-hydrogen) atoms. The van der Waals surface area contributed by atoms with Crippen molar-refractivity contribution in [2.45, 2.75) is 11.8 Å². The molecule has 10 heteroatoms. The first kappa shape index (κ1) is 22.0. The quantitative estimate of drug-likeness (QED) is 0.366. The Morgan fingerprint density at radius 3 is 2.56 bits per heavy atom. The van der Waals surface area contributed by atoms with E-state index in [1.165, 1.54) is 42.9 Å². The van der Waals surface area contributed by atoms with Gasteiger partial charge >= 0.3 is 0 Å². The van der Waals surface area contributed by atoms with Crippen LogP contribution in [0.4, 0.5) is 5.69 Å². The van der Waals surface area contributed by atoms with Crippen LogP contribution in [-0.2, 0) is 10.0 Å². The van der Waals surface area contributed by atoms with Gasteiger partial charge in [-0.15, -0.1) is 0 Å². The summed E-state index contributed by atoms with van der Waals surface area (Å²) < 4.78 is 33.7. The zero-order chi connectivity index (χ0) is 22.9. The van der Waals surface area contributed by atoms with E-state index in [9.17, 15) is 13.2 Å². The van der Waals surface area contributed by atoms with Gasteiger partial charge in [-0.05, 0) is 42.8 Å². The van der Waals surface area contributed by atoms with E-state index in [-0.39, 0.29) is 32.8 Å². The number of benzene rings is 2. The summed E-state index contributed by atoms with van der Waals surface area (Å²) in [6, 6.07) is 12.3. The number of aromatic nitrogens is 2. The molecular weight excluding hydrogens is 473 g/mol. The number of rotatable bonds is 6. The third-order valence-corrected chi connectivity index (χ3v) is 6.58. The molecule has 0 amide bonds. The third-order valence-electron chi connectivity index (χ3n) is 4.59. The van der Waals surface area contributed by atoms with E-state index in [1.54, 1.807) is 31.2 Å². The molecule has 0 unspecified atom stereocenters. The van der Waals surface area contributed by atoms with Crippen molar-refractivity contribution in [1.29, 1.82) is 0 Å². The molecule has 0 spiro atoms. The maximum atomic E-state index is 13.4. The maximum Gasteiger partial charge on any atom is 0.261 e. The van der Waals surface area contributed by atoms with Gasteiger partial charge < -0.3 is 4.42 Å². The number of sulfonamides is 1. The maximum absolute atomic E-state index is 13.4. The van der Waals surface area contributed by atoms with Crippen LogP contribution in [0.25, 0.3) is 11.5 Å². The van der Waals surface area contributed by atoms with Crippen LogP contribution in [0.1, 0.15) is 21.6 Å². The van der Waals surface area contributed by atoms with Crippen molar-refractivity contribution in [3.63, 3.8) is 0 Å². The summed E-state index contributed by atoms with van der Waals surface area (Å²) in [5.41, 5.74) is 1.10. The molecule has 0 aliphatic heterocycles. The van der Waals surface area contributed by atoms with Crippen LogP contribution in [0.2, 0.25) is 10.0 Å². The van der Waals surface area contributed by atoms with Crippen molar-refractivity contribution < 1.29 is 17.6 Å². The second-order valence-electron chi connectivity index (χ2n) is 6.78. The fourth-order valence-electron chi connectivity index (χ4n) is 3.04. The number of ketones is 1. The summed E-state index contributed by atoms with van der Waals surface area (Å²) in [7, 11) is -4.05. The predicted molar refractivity (Wildman–Crippen MR) is 122 cm³/mol. The van der Waals surface area contributed by atoms with Crippen molar-refractivity contribution in [2.24, 2.45) is 0 Å². The van der Waals surface area contributed by atoms with Crippen LogP contribution in [0.15, 0.2) is 76.5 Å². The molecule has 0 radical (unpaired) electrons. The minimum Gasteiger partial charge on any atom is -0.445 e. The molecule has 0 aliphatic rings. The van der Waals surface area contributed by atoms with E-state index in [1.807, 2.05) is 0 Å². The Hall–Kier alpha value is -3.20. The Morgan fingerprint density at radius 1 is 1.06 bits per heavy atom. The molecule has 2 heterocycles. The van der Waals surface area contributed by atoms with Crippen LogP contribution in [-0.4, -0.2) is 24.2 Å². The van der Waals surface area contributed by atoms with Gasteiger partial charge in [0, 0.05) is 22.3 Å². The molecule has 0 atom stereocenters. The number of oxazole rings is 1. The van der Waals surface area contributed by atoms with Gasteiger partial charge in [0.2, 0.25) is 11.7 Å². The monoisotopic (exact) mass is 487 g/mol. The van der Waals surface area contributed by atoms with Gasteiger partial charge in [-0.1, -0.05) is 41.4 Å². The van der Waals surface area contributed by atoms with Crippen LogP contribution in [0, 0.1) is 6.92 Å². The minimum atomic E-state index is -4.05. The van der Waals surface area contributed by atoms with Crippen LogP contribution in [0.3, 0.4) is 0 Å². The van der Waals surface area contributed by atoms with Crippen molar-refractivity contribution in [3.05, 3.63) is 94.1 Å². The van der Waals surface area contributed by atoms with Gasteiger partial charge in [-0.2, -0.15) is 0 Å². The molecule has 0 saturated carbocycles. The second kappa shape index (κ2) is 8.74. The Balaban J connectivity index is 1.77. The average Bonchev–Trinajstić information content (AvgIpc) is 3.30. The molecule has 4 aromatic rings. The first-order valence-corrected chi connectivity index (χ1v) is 11.5. The highest BCUT2D eigenvalue weighted by molar-refractivity contribution is 7.92. The number of carbonyl (C=O) groups is 1. The number of anilines is 1. The summed E-state index contributed by atoms with van der Waals surface area (Å²) in [6.07, 6.45) is 4.13. The van der Waals surface area contributed by atoms with E-state index in [0.717, 1.165) is 0 Å². The minimum absolute atomic E-state index is 0.0158. The highest BCUT2D eigenvalue weighted by Gasteiger charge is 2.24. The lowest BCUT2D eigenvalue weighted by Crippen LogP contribution is -2.17. The molecule has 2 aromatic heterocycles. The lowest BCUT2D eigenvalue weighted by Gasteiger charge is -2.13. The average molecular weight is 488 g/mol. The number of hydrogen-bond acceptors (Lipinski definition) is 6. The Kier molecular flexibility index (Phi) is 6.01. The number of pyridine rings is 1. The first-order valence-electron chi connectivity index (χ1n) is 9.24. The lowest BCUT2D eigenvalue weighted by atomic mass is 10.0. The third kappa shape index (κ3) is 4.38. The van der Waals surface area contributed by atoms with E-state index in [2.05, 4.69) is 14.7 Å². The number of aryl methyl sites for hydroxylation is 1. The second-order valence-corrected chi connectivity index (χ2v) is 9.30. The van der Waals surface area contributed by atoms with Crippen LogP contribution >= 0.6 is 23.2 Å². The van der Waals surface area contributed by atoms with Crippen LogP contribution < -0.4 is 4.72 Å². The molecular formula is C22H15Cl2N3O4S. The fourth-order valence-corrected chi connectivity index (χ4v) is 4.46. The molecule has 2 aromatic carbocycles. The predicted octanol–water partition coefficient (Wildman–Crippen LogP) is 5.38. The standard InChI is InChI=1S/C22H15Cl2N3O4S/c1-13-10-15(6-7-18(13)24)32(29,30)27-19-11-14(23)12-26-20(19)21(28)16-4-2-3-5-17(16)22-25-8-9-31-22/h2-12,27H,1H3. The van der Waals surface area contributed by atoms with Gasteiger partial charge in [0.05, 0.1) is 21.8 Å². The fraction of sp³-hybridized carbons (Fsp3) is 0.0455. The highest BCUT2D eigenvalue weighted by Crippen LogP contribution is 2.29. The summed E-state index contributed by atoms with van der Waals surface area (Å²) in [5.74, 6) is -0.276. The van der Waals surface area contributed by atoms with Gasteiger partial charge in [0.1, 0.15) is 12.0 Å². The van der Waals surface area contributed by atoms with Crippen LogP contribution in [0.5, 0.6) is 0 Å². The normalized spacial score (nSPS) is 11.3.